The van der Waals surface area contributed by atoms with E-state index in [4.69, 9.17) is 9.84 Å². The van der Waals surface area contributed by atoms with Crippen LogP contribution >= 0.6 is 31.9 Å². The molecule has 0 radical (unpaired) electrons. The third-order valence-electron chi connectivity index (χ3n) is 3.10. The molecule has 0 aromatic rings. The van der Waals surface area contributed by atoms with Crippen LogP contribution < -0.4 is 0 Å². The van der Waals surface area contributed by atoms with Gasteiger partial charge in [0.25, 0.3) is 0 Å². The van der Waals surface area contributed by atoms with E-state index in [0.29, 0.717) is 0 Å². The Morgan fingerprint density at radius 1 is 1.19 bits per heavy atom. The number of carbonyl (C=O) groups excluding carboxylic acids is 1. The first-order chi connectivity index (χ1) is 7.49. The van der Waals surface area contributed by atoms with E-state index < -0.39 is 36.0 Å². The molecule has 2 heterocycles. The van der Waals surface area contributed by atoms with Crippen LogP contribution in [0.15, 0.2) is 0 Å². The average Bonchev–Trinajstić information content (AvgIpc) is 2.76. The van der Waals surface area contributed by atoms with Gasteiger partial charge in [0.1, 0.15) is 0 Å². The molecule has 0 aromatic heterocycles. The molecule has 0 amide bonds. The summed E-state index contributed by atoms with van der Waals surface area (Å²) in [5.41, 5.74) is 0. The summed E-state index contributed by atoms with van der Waals surface area (Å²) in [5.74, 6) is -3.11. The topological polar surface area (TPSA) is 72.8 Å². The number of hydrogen-bond acceptors (Lipinski definition) is 4. The third-order valence-corrected chi connectivity index (χ3v) is 5.99. The third kappa shape index (κ3) is 1.60. The molecule has 90 valence electrons. The molecule has 2 bridgehead atoms. The predicted molar refractivity (Wildman–Crippen MR) is 60.7 cm³/mol. The summed E-state index contributed by atoms with van der Waals surface area (Å²) < 4.78 is 10.2. The molecule has 5 nitrogen and oxygen atoms in total. The summed E-state index contributed by atoms with van der Waals surface area (Å²) >= 11 is 6.78. The highest BCUT2D eigenvalue weighted by Crippen LogP contribution is 2.49. The molecule has 0 spiro atoms. The van der Waals surface area contributed by atoms with Gasteiger partial charge in [0.05, 0.1) is 40.8 Å². The number of methoxy groups -OCH3 is 1. The molecule has 7 heteroatoms. The lowest BCUT2D eigenvalue weighted by Gasteiger charge is -2.28. The van der Waals surface area contributed by atoms with Crippen LogP contribution in [0.1, 0.15) is 0 Å². The van der Waals surface area contributed by atoms with E-state index in [1.165, 1.54) is 7.11 Å². The first-order valence-electron chi connectivity index (χ1n) is 4.73. The van der Waals surface area contributed by atoms with Crippen molar-refractivity contribution in [3.8, 4) is 0 Å². The number of esters is 1. The zero-order chi connectivity index (χ0) is 12.0. The first kappa shape index (κ1) is 12.3. The Kier molecular flexibility index (Phi) is 3.29. The fraction of sp³-hybridized carbons (Fsp3) is 0.778. The normalized spacial score (nSPS) is 45.7. The van der Waals surface area contributed by atoms with Crippen molar-refractivity contribution >= 4 is 43.8 Å². The van der Waals surface area contributed by atoms with Gasteiger partial charge in [-0.1, -0.05) is 31.9 Å². The van der Waals surface area contributed by atoms with E-state index in [0.717, 1.165) is 0 Å². The second kappa shape index (κ2) is 4.27. The van der Waals surface area contributed by atoms with Gasteiger partial charge >= 0.3 is 11.9 Å². The Bertz CT molecular complexity index is 334. The summed E-state index contributed by atoms with van der Waals surface area (Å²) in [6.07, 6.45) is -0.932. The van der Waals surface area contributed by atoms with E-state index in [-0.39, 0.29) is 9.65 Å². The number of aliphatic carboxylic acids is 1. The van der Waals surface area contributed by atoms with Gasteiger partial charge in [0.15, 0.2) is 0 Å². The molecule has 2 saturated heterocycles. The Labute approximate surface area is 109 Å². The minimum absolute atomic E-state index is 0.0720. The number of alkyl halides is 2. The van der Waals surface area contributed by atoms with E-state index in [9.17, 15) is 9.59 Å². The molecule has 0 unspecified atom stereocenters. The molecule has 0 aromatic carbocycles. The van der Waals surface area contributed by atoms with E-state index in [1.807, 2.05) is 0 Å². The standard InChI is InChI=1S/C9H10Br2O5/c1-15-9(14)3-2(8(12)13)6-4(10)5(11)7(3)16-6/h2-7H,1H3,(H,12,13)/t2-,3-,4+,5-,6+,7+/m0/s1. The number of fused-ring (bicyclic) bond motifs is 2. The van der Waals surface area contributed by atoms with E-state index in [2.05, 4.69) is 36.6 Å². The van der Waals surface area contributed by atoms with Crippen molar-refractivity contribution in [2.75, 3.05) is 7.11 Å². The second-order valence-electron chi connectivity index (χ2n) is 3.87. The fourth-order valence-corrected chi connectivity index (χ4v) is 3.89. The SMILES string of the molecule is COC(=O)[C@@H]1[C@H]2O[C@@H]([C@H](Br)[C@@H]2Br)[C@H]1C(=O)O. The zero-order valence-electron chi connectivity index (χ0n) is 8.30. The maximum Gasteiger partial charge on any atom is 0.312 e. The van der Waals surface area contributed by atoms with Gasteiger partial charge in [-0.3, -0.25) is 9.59 Å². The summed E-state index contributed by atoms with van der Waals surface area (Å²) in [4.78, 5) is 22.6. The van der Waals surface area contributed by atoms with Crippen LogP contribution in [-0.2, 0) is 19.1 Å². The number of carboxylic acids is 1. The van der Waals surface area contributed by atoms with Crippen LogP contribution in [0.25, 0.3) is 0 Å². The van der Waals surface area contributed by atoms with Crippen molar-refractivity contribution in [1.29, 1.82) is 0 Å². The molecule has 2 fully saturated rings. The monoisotopic (exact) mass is 356 g/mol. The van der Waals surface area contributed by atoms with Crippen molar-refractivity contribution in [3.63, 3.8) is 0 Å². The van der Waals surface area contributed by atoms with Crippen molar-refractivity contribution in [3.05, 3.63) is 0 Å². The Hall–Kier alpha value is -0.140. The lowest BCUT2D eigenvalue weighted by molar-refractivity contribution is -0.155. The Morgan fingerprint density at radius 3 is 2.12 bits per heavy atom. The van der Waals surface area contributed by atoms with Crippen molar-refractivity contribution in [1.82, 2.24) is 0 Å². The maximum atomic E-state index is 11.6. The molecule has 2 aliphatic heterocycles. The van der Waals surface area contributed by atoms with E-state index in [1.54, 1.807) is 0 Å². The highest BCUT2D eigenvalue weighted by Gasteiger charge is 2.63. The molecular weight excluding hydrogens is 348 g/mol. The van der Waals surface area contributed by atoms with Crippen LogP contribution in [0.5, 0.6) is 0 Å². The fourth-order valence-electron chi connectivity index (χ4n) is 2.38. The molecule has 16 heavy (non-hydrogen) atoms. The summed E-state index contributed by atoms with van der Waals surface area (Å²) in [6, 6.07) is 0. The highest BCUT2D eigenvalue weighted by atomic mass is 79.9. The number of halogens is 2. The van der Waals surface area contributed by atoms with Crippen molar-refractivity contribution < 1.29 is 24.2 Å². The summed E-state index contributed by atoms with van der Waals surface area (Å²) in [5, 5.41) is 9.13. The van der Waals surface area contributed by atoms with E-state index >= 15 is 0 Å². The number of rotatable bonds is 2. The van der Waals surface area contributed by atoms with Gasteiger partial charge in [-0.25, -0.2) is 0 Å². The maximum absolute atomic E-state index is 11.6. The van der Waals surface area contributed by atoms with Crippen LogP contribution in [-0.4, -0.2) is 46.0 Å². The largest absolute Gasteiger partial charge is 0.481 e. The quantitative estimate of drug-likeness (QED) is 0.584. The number of ether oxygens (including phenoxy) is 2. The van der Waals surface area contributed by atoms with Crippen LogP contribution in [0.4, 0.5) is 0 Å². The number of hydrogen-bond donors (Lipinski definition) is 1. The molecule has 1 N–H and O–H groups in total. The molecule has 2 aliphatic rings. The molecule has 6 atom stereocenters. The minimum Gasteiger partial charge on any atom is -0.481 e. The lowest BCUT2D eigenvalue weighted by atomic mass is 9.79. The molecular formula is C9H10Br2O5. The molecule has 0 aliphatic carbocycles. The van der Waals surface area contributed by atoms with Crippen LogP contribution in [0.2, 0.25) is 0 Å². The van der Waals surface area contributed by atoms with Crippen molar-refractivity contribution in [2.24, 2.45) is 11.8 Å². The molecule has 2 rings (SSSR count). The van der Waals surface area contributed by atoms with Gasteiger partial charge in [-0.2, -0.15) is 0 Å². The zero-order valence-corrected chi connectivity index (χ0v) is 11.5. The summed E-state index contributed by atoms with van der Waals surface area (Å²) in [7, 11) is 1.25. The second-order valence-corrected chi connectivity index (χ2v) is 5.98. The lowest BCUT2D eigenvalue weighted by Crippen LogP contribution is -2.47. The number of carbonyl (C=O) groups is 2. The van der Waals surface area contributed by atoms with Gasteiger partial charge in [0.2, 0.25) is 0 Å². The first-order valence-corrected chi connectivity index (χ1v) is 6.56. The van der Waals surface area contributed by atoms with Gasteiger partial charge in [-0.15, -0.1) is 0 Å². The predicted octanol–water partition coefficient (Wildman–Crippen LogP) is 0.784. The van der Waals surface area contributed by atoms with Gasteiger partial charge in [-0.05, 0) is 0 Å². The van der Waals surface area contributed by atoms with Crippen LogP contribution in [0, 0.1) is 11.8 Å². The smallest absolute Gasteiger partial charge is 0.312 e. The number of carboxylic acid groups (broad SMARTS) is 1. The highest BCUT2D eigenvalue weighted by molar-refractivity contribution is 9.12. The summed E-state index contributed by atoms with van der Waals surface area (Å²) in [6.45, 7) is 0. The average molecular weight is 358 g/mol. The minimum atomic E-state index is -1.02. The van der Waals surface area contributed by atoms with Crippen molar-refractivity contribution in [2.45, 2.75) is 21.9 Å². The van der Waals surface area contributed by atoms with Gasteiger partial charge < -0.3 is 14.6 Å². The van der Waals surface area contributed by atoms with Crippen LogP contribution in [0.3, 0.4) is 0 Å². The van der Waals surface area contributed by atoms with Gasteiger partial charge in [0, 0.05) is 0 Å². The molecule has 0 saturated carbocycles. The Balaban J connectivity index is 2.30. The Morgan fingerprint density at radius 2 is 1.69 bits per heavy atom.